The summed E-state index contributed by atoms with van der Waals surface area (Å²) in [7, 11) is 0. The first-order chi connectivity index (χ1) is 9.82. The fraction of sp³-hybridized carbons (Fsp3) is 0.357. The summed E-state index contributed by atoms with van der Waals surface area (Å²) in [5.41, 5.74) is 5.54. The standard InChI is InChI=1S/C14H19N3O4/c1-9(2)17(8-11(15)18)14(21)16-12(13(19)20)10-6-4-3-5-7-10/h3-7,9,12H,8H2,1-2H3,(H2,15,18)(H,16,21)(H,19,20)/t12-/m0/s1. The number of amides is 3. The summed E-state index contributed by atoms with van der Waals surface area (Å²) in [6.45, 7) is 3.15. The largest absolute Gasteiger partial charge is 0.479 e. The Morgan fingerprint density at radius 1 is 1.24 bits per heavy atom. The van der Waals surface area contributed by atoms with Gasteiger partial charge in [0, 0.05) is 6.04 Å². The van der Waals surface area contributed by atoms with Crippen LogP contribution < -0.4 is 11.1 Å². The highest BCUT2D eigenvalue weighted by molar-refractivity contribution is 5.86. The van der Waals surface area contributed by atoms with E-state index in [9.17, 15) is 19.5 Å². The molecule has 0 spiro atoms. The van der Waals surface area contributed by atoms with Crippen molar-refractivity contribution in [2.75, 3.05) is 6.54 Å². The van der Waals surface area contributed by atoms with Crippen LogP contribution in [0.15, 0.2) is 30.3 Å². The minimum atomic E-state index is -1.19. The van der Waals surface area contributed by atoms with E-state index in [-0.39, 0.29) is 12.6 Å². The van der Waals surface area contributed by atoms with Gasteiger partial charge in [0.15, 0.2) is 6.04 Å². The van der Waals surface area contributed by atoms with Crippen LogP contribution in [0, 0.1) is 0 Å². The predicted molar refractivity (Wildman–Crippen MR) is 76.4 cm³/mol. The number of hydrogen-bond donors (Lipinski definition) is 3. The van der Waals surface area contributed by atoms with Crippen molar-refractivity contribution in [1.82, 2.24) is 10.2 Å². The normalized spacial score (nSPS) is 11.8. The lowest BCUT2D eigenvalue weighted by Crippen LogP contribution is -2.49. The van der Waals surface area contributed by atoms with Crippen LogP contribution in [0.3, 0.4) is 0 Å². The Kier molecular flexibility index (Phi) is 5.71. The highest BCUT2D eigenvalue weighted by atomic mass is 16.4. The summed E-state index contributed by atoms with van der Waals surface area (Å²) in [5, 5.41) is 11.7. The van der Waals surface area contributed by atoms with E-state index >= 15 is 0 Å². The molecule has 1 rings (SSSR count). The average molecular weight is 293 g/mol. The molecule has 0 unspecified atom stereocenters. The van der Waals surface area contributed by atoms with Crippen molar-refractivity contribution in [3.8, 4) is 0 Å². The van der Waals surface area contributed by atoms with Gasteiger partial charge in [0.25, 0.3) is 0 Å². The molecule has 7 nitrogen and oxygen atoms in total. The SMILES string of the molecule is CC(C)N(CC(N)=O)C(=O)N[C@H](C(=O)O)c1ccccc1. The molecule has 1 aromatic carbocycles. The van der Waals surface area contributed by atoms with Crippen LogP contribution in [0.5, 0.6) is 0 Å². The Bertz CT molecular complexity index is 516. The third-order valence-electron chi connectivity index (χ3n) is 2.86. The molecule has 7 heteroatoms. The maximum Gasteiger partial charge on any atom is 0.330 e. The summed E-state index contributed by atoms with van der Waals surface area (Å²) in [6.07, 6.45) is 0. The van der Waals surface area contributed by atoms with Gasteiger partial charge < -0.3 is 21.1 Å². The molecule has 114 valence electrons. The molecular formula is C14H19N3O4. The summed E-state index contributed by atoms with van der Waals surface area (Å²) < 4.78 is 0. The molecular weight excluding hydrogens is 274 g/mol. The van der Waals surface area contributed by atoms with E-state index in [0.717, 1.165) is 0 Å². The molecule has 0 saturated heterocycles. The van der Waals surface area contributed by atoms with Gasteiger partial charge in [-0.3, -0.25) is 4.79 Å². The second-order valence-corrected chi connectivity index (χ2v) is 4.82. The van der Waals surface area contributed by atoms with Crippen LogP contribution in [0.2, 0.25) is 0 Å². The molecule has 1 atom stereocenters. The lowest BCUT2D eigenvalue weighted by atomic mass is 10.1. The molecule has 0 aliphatic heterocycles. The number of carboxylic acid groups (broad SMARTS) is 1. The lowest BCUT2D eigenvalue weighted by Gasteiger charge is -2.27. The monoisotopic (exact) mass is 293 g/mol. The molecule has 0 aliphatic rings. The highest BCUT2D eigenvalue weighted by Gasteiger charge is 2.26. The zero-order valence-electron chi connectivity index (χ0n) is 11.9. The maximum atomic E-state index is 12.2. The molecule has 0 aromatic heterocycles. The average Bonchev–Trinajstić information content (AvgIpc) is 2.42. The second kappa shape index (κ2) is 7.28. The Morgan fingerprint density at radius 2 is 1.81 bits per heavy atom. The quantitative estimate of drug-likeness (QED) is 0.717. The smallest absolute Gasteiger partial charge is 0.330 e. The number of carbonyl (C=O) groups excluding carboxylic acids is 2. The highest BCUT2D eigenvalue weighted by Crippen LogP contribution is 2.13. The number of nitrogens with one attached hydrogen (secondary N) is 1. The van der Waals surface area contributed by atoms with Gasteiger partial charge in [0.2, 0.25) is 5.91 Å². The van der Waals surface area contributed by atoms with Crippen molar-refractivity contribution >= 4 is 17.9 Å². The van der Waals surface area contributed by atoms with Gasteiger partial charge in [-0.25, -0.2) is 9.59 Å². The van der Waals surface area contributed by atoms with Gasteiger partial charge in [0.1, 0.15) is 6.54 Å². The van der Waals surface area contributed by atoms with Crippen LogP contribution >= 0.6 is 0 Å². The van der Waals surface area contributed by atoms with Crippen molar-refractivity contribution in [3.05, 3.63) is 35.9 Å². The van der Waals surface area contributed by atoms with Crippen LogP contribution in [-0.2, 0) is 9.59 Å². The van der Waals surface area contributed by atoms with Crippen LogP contribution in [0.4, 0.5) is 4.79 Å². The van der Waals surface area contributed by atoms with Gasteiger partial charge >= 0.3 is 12.0 Å². The first-order valence-electron chi connectivity index (χ1n) is 6.46. The van der Waals surface area contributed by atoms with Crippen molar-refractivity contribution in [3.63, 3.8) is 0 Å². The van der Waals surface area contributed by atoms with E-state index in [1.807, 2.05) is 0 Å². The summed E-state index contributed by atoms with van der Waals surface area (Å²) in [6, 6.07) is 6.19. The Morgan fingerprint density at radius 3 is 2.24 bits per heavy atom. The maximum absolute atomic E-state index is 12.2. The van der Waals surface area contributed by atoms with Crippen molar-refractivity contribution in [2.24, 2.45) is 5.73 Å². The fourth-order valence-corrected chi connectivity index (χ4v) is 1.80. The van der Waals surface area contributed by atoms with E-state index in [2.05, 4.69) is 5.32 Å². The molecule has 0 heterocycles. The number of nitrogens with zero attached hydrogens (tertiary/aromatic N) is 1. The molecule has 0 bridgehead atoms. The zero-order chi connectivity index (χ0) is 16.0. The Balaban J connectivity index is 2.90. The van der Waals surface area contributed by atoms with Crippen molar-refractivity contribution in [1.29, 1.82) is 0 Å². The fourth-order valence-electron chi connectivity index (χ4n) is 1.80. The third-order valence-corrected chi connectivity index (χ3v) is 2.86. The third kappa shape index (κ3) is 4.79. The number of benzene rings is 1. The Labute approximate surface area is 122 Å². The number of nitrogens with two attached hydrogens (primary N) is 1. The van der Waals surface area contributed by atoms with Gasteiger partial charge in [-0.05, 0) is 19.4 Å². The molecule has 0 saturated carbocycles. The van der Waals surface area contributed by atoms with E-state index in [1.165, 1.54) is 4.90 Å². The first-order valence-corrected chi connectivity index (χ1v) is 6.46. The van der Waals surface area contributed by atoms with Gasteiger partial charge in [-0.1, -0.05) is 30.3 Å². The molecule has 0 fully saturated rings. The molecule has 1 aromatic rings. The van der Waals surface area contributed by atoms with Crippen molar-refractivity contribution in [2.45, 2.75) is 25.9 Å². The number of hydrogen-bond acceptors (Lipinski definition) is 3. The topological polar surface area (TPSA) is 113 Å². The first kappa shape index (κ1) is 16.5. The van der Waals surface area contributed by atoms with E-state index in [4.69, 9.17) is 5.73 Å². The van der Waals surface area contributed by atoms with Crippen molar-refractivity contribution < 1.29 is 19.5 Å². The number of primary amides is 1. The van der Waals surface area contributed by atoms with Gasteiger partial charge in [0.05, 0.1) is 0 Å². The predicted octanol–water partition coefficient (Wildman–Crippen LogP) is 0.718. The number of urea groups is 1. The van der Waals surface area contributed by atoms with Crippen LogP contribution in [0.1, 0.15) is 25.5 Å². The second-order valence-electron chi connectivity index (χ2n) is 4.82. The zero-order valence-corrected chi connectivity index (χ0v) is 11.9. The number of carboxylic acids is 1. The molecule has 21 heavy (non-hydrogen) atoms. The van der Waals surface area contributed by atoms with E-state index in [0.29, 0.717) is 5.56 Å². The lowest BCUT2D eigenvalue weighted by molar-refractivity contribution is -0.139. The molecule has 3 amide bonds. The number of carbonyl (C=O) groups is 3. The minimum Gasteiger partial charge on any atom is -0.479 e. The summed E-state index contributed by atoms with van der Waals surface area (Å²) in [5.74, 6) is -1.84. The van der Waals surface area contributed by atoms with Gasteiger partial charge in [-0.15, -0.1) is 0 Å². The molecule has 4 N–H and O–H groups in total. The summed E-state index contributed by atoms with van der Waals surface area (Å²) in [4.78, 5) is 35.7. The number of aliphatic carboxylic acids is 1. The Hall–Kier alpha value is -2.57. The number of rotatable bonds is 6. The molecule has 0 aliphatic carbocycles. The van der Waals surface area contributed by atoms with Gasteiger partial charge in [-0.2, -0.15) is 0 Å². The van der Waals surface area contributed by atoms with E-state index in [1.54, 1.807) is 44.2 Å². The van der Waals surface area contributed by atoms with E-state index < -0.39 is 23.9 Å². The van der Waals surface area contributed by atoms with Crippen LogP contribution in [-0.4, -0.2) is 40.5 Å². The minimum absolute atomic E-state index is 0.273. The molecule has 0 radical (unpaired) electrons. The van der Waals surface area contributed by atoms with Crippen LogP contribution in [0.25, 0.3) is 0 Å². The summed E-state index contributed by atoms with van der Waals surface area (Å²) >= 11 is 0.